The Bertz CT molecular complexity index is 904. The van der Waals surface area contributed by atoms with E-state index < -0.39 is 15.8 Å². The van der Waals surface area contributed by atoms with Gasteiger partial charge in [0.05, 0.1) is 5.75 Å². The smallest absolute Gasteiger partial charge is 0.380 e. The van der Waals surface area contributed by atoms with Crippen molar-refractivity contribution in [3.63, 3.8) is 0 Å². The third kappa shape index (κ3) is 3.52. The van der Waals surface area contributed by atoms with Crippen LogP contribution in [-0.4, -0.2) is 26.7 Å². The van der Waals surface area contributed by atoms with Crippen LogP contribution in [0.1, 0.15) is 5.56 Å². The van der Waals surface area contributed by atoms with Crippen molar-refractivity contribution >= 4 is 36.6 Å². The summed E-state index contributed by atoms with van der Waals surface area (Å²) in [6, 6.07) is 15.1. The van der Waals surface area contributed by atoms with Crippen LogP contribution in [0.25, 0.3) is 4.91 Å². The van der Waals surface area contributed by atoms with E-state index in [1.54, 1.807) is 54.6 Å². The number of sulfone groups is 1. The fourth-order valence-corrected chi connectivity index (χ4v) is 4.10. The van der Waals surface area contributed by atoms with Crippen molar-refractivity contribution in [2.75, 3.05) is 12.4 Å². The molecule has 1 heterocycles. The molecule has 0 N–H and O–H groups in total. The molecule has 0 saturated heterocycles. The van der Waals surface area contributed by atoms with Crippen LogP contribution in [0.4, 0.5) is 0 Å². The minimum atomic E-state index is -3.63. The van der Waals surface area contributed by atoms with Gasteiger partial charge in [-0.05, 0) is 23.8 Å². The molecule has 1 aliphatic rings. The molecule has 0 aromatic heterocycles. The van der Waals surface area contributed by atoms with Crippen LogP contribution in [0.5, 0.6) is 5.75 Å². The van der Waals surface area contributed by atoms with Crippen LogP contribution in [-0.2, 0) is 19.4 Å². The van der Waals surface area contributed by atoms with E-state index in [0.717, 1.165) is 4.47 Å². The zero-order valence-corrected chi connectivity index (χ0v) is 14.8. The summed E-state index contributed by atoms with van der Waals surface area (Å²) in [7, 11) is -3.63. The lowest BCUT2D eigenvalue weighted by Gasteiger charge is -2.20. The van der Waals surface area contributed by atoms with Gasteiger partial charge in [-0.3, -0.25) is 0 Å². The van der Waals surface area contributed by atoms with Crippen LogP contribution < -0.4 is 4.74 Å². The van der Waals surface area contributed by atoms with Crippen molar-refractivity contribution in [3.05, 3.63) is 70.4 Å². The van der Waals surface area contributed by atoms with Crippen molar-refractivity contribution in [2.24, 2.45) is 0 Å². The van der Waals surface area contributed by atoms with E-state index in [1.807, 2.05) is 0 Å². The standard InChI is InChI=1S/C17H13BrO5S/c18-13-7-4-8-14(11-13)23-17(19)15-16(12-5-2-1-3-6-12)24(20,21)10-9-22-15/h1-8,11H,9-10H2. The molecule has 0 amide bonds. The number of benzene rings is 2. The van der Waals surface area contributed by atoms with Crippen molar-refractivity contribution in [2.45, 2.75) is 0 Å². The average Bonchev–Trinajstić information content (AvgIpc) is 2.54. The number of carbonyl (C=O) groups is 1. The van der Waals surface area contributed by atoms with Crippen LogP contribution in [0.15, 0.2) is 64.8 Å². The first kappa shape index (κ1) is 16.7. The molecule has 0 aliphatic carbocycles. The first-order valence-corrected chi connectivity index (χ1v) is 9.55. The number of hydrogen-bond donors (Lipinski definition) is 0. The van der Waals surface area contributed by atoms with Gasteiger partial charge < -0.3 is 9.47 Å². The molecule has 2 aromatic rings. The summed E-state index contributed by atoms with van der Waals surface area (Å²) < 4.78 is 36.3. The molecule has 7 heteroatoms. The molecule has 0 saturated carbocycles. The molecule has 24 heavy (non-hydrogen) atoms. The molecule has 0 fully saturated rings. The van der Waals surface area contributed by atoms with Gasteiger partial charge in [0.2, 0.25) is 5.76 Å². The molecule has 2 aromatic carbocycles. The summed E-state index contributed by atoms with van der Waals surface area (Å²) in [6.07, 6.45) is 0. The van der Waals surface area contributed by atoms with Gasteiger partial charge in [0.25, 0.3) is 0 Å². The SMILES string of the molecule is O=C(Oc1cccc(Br)c1)C1=C(c2ccccc2)S(=O)(=O)CCO1. The van der Waals surface area contributed by atoms with Gasteiger partial charge in [0.15, 0.2) is 9.84 Å². The Kier molecular flexibility index (Phi) is 4.73. The zero-order chi connectivity index (χ0) is 17.2. The highest BCUT2D eigenvalue weighted by Gasteiger charge is 2.34. The highest BCUT2D eigenvalue weighted by atomic mass is 79.9. The summed E-state index contributed by atoms with van der Waals surface area (Å²) in [4.78, 5) is 12.3. The number of rotatable bonds is 3. The molecule has 5 nitrogen and oxygen atoms in total. The Hall–Kier alpha value is -2.12. The van der Waals surface area contributed by atoms with E-state index in [4.69, 9.17) is 9.47 Å². The summed E-state index contributed by atoms with van der Waals surface area (Å²) in [5.41, 5.74) is 0.401. The van der Waals surface area contributed by atoms with E-state index in [-0.39, 0.29) is 23.0 Å². The van der Waals surface area contributed by atoms with Gasteiger partial charge in [0.1, 0.15) is 17.3 Å². The molecule has 0 atom stereocenters. The maximum atomic E-state index is 12.5. The predicted octanol–water partition coefficient (Wildman–Crippen LogP) is 3.17. The first-order chi connectivity index (χ1) is 11.5. The van der Waals surface area contributed by atoms with Crippen LogP contribution in [0.3, 0.4) is 0 Å². The Labute approximate surface area is 147 Å². The largest absolute Gasteiger partial charge is 0.485 e. The average molecular weight is 409 g/mol. The second-order valence-electron chi connectivity index (χ2n) is 5.04. The maximum Gasteiger partial charge on any atom is 0.380 e. The third-order valence-corrected chi connectivity index (χ3v) is 5.58. The van der Waals surface area contributed by atoms with Gasteiger partial charge in [-0.1, -0.05) is 52.3 Å². The van der Waals surface area contributed by atoms with Gasteiger partial charge >= 0.3 is 5.97 Å². The lowest BCUT2D eigenvalue weighted by molar-refractivity contribution is -0.133. The third-order valence-electron chi connectivity index (χ3n) is 3.34. The lowest BCUT2D eigenvalue weighted by atomic mass is 10.2. The number of halogens is 1. The highest BCUT2D eigenvalue weighted by Crippen LogP contribution is 2.31. The minimum Gasteiger partial charge on any atom is -0.485 e. The fourth-order valence-electron chi connectivity index (χ4n) is 2.30. The van der Waals surface area contributed by atoms with Crippen molar-refractivity contribution < 1.29 is 22.7 Å². The van der Waals surface area contributed by atoms with Crippen molar-refractivity contribution in [1.29, 1.82) is 0 Å². The van der Waals surface area contributed by atoms with E-state index in [9.17, 15) is 13.2 Å². The predicted molar refractivity (Wildman–Crippen MR) is 92.9 cm³/mol. The zero-order valence-electron chi connectivity index (χ0n) is 12.4. The second-order valence-corrected chi connectivity index (χ2v) is 8.00. The Morgan fingerprint density at radius 3 is 2.54 bits per heavy atom. The molecule has 1 aliphatic heterocycles. The quantitative estimate of drug-likeness (QED) is 0.576. The van der Waals surface area contributed by atoms with Gasteiger partial charge in [-0.15, -0.1) is 0 Å². The van der Waals surface area contributed by atoms with E-state index in [0.29, 0.717) is 11.3 Å². The number of ether oxygens (including phenoxy) is 2. The summed E-state index contributed by atoms with van der Waals surface area (Å²) in [6.45, 7) is -0.0818. The second kappa shape index (κ2) is 6.78. The molecule has 0 spiro atoms. The van der Waals surface area contributed by atoms with Gasteiger partial charge in [0, 0.05) is 4.47 Å². The first-order valence-electron chi connectivity index (χ1n) is 7.10. The molecule has 124 valence electrons. The van der Waals surface area contributed by atoms with Gasteiger partial charge in [-0.25, -0.2) is 13.2 Å². The Morgan fingerprint density at radius 1 is 1.08 bits per heavy atom. The lowest BCUT2D eigenvalue weighted by Crippen LogP contribution is -2.27. The molecule has 0 bridgehead atoms. The van der Waals surface area contributed by atoms with E-state index >= 15 is 0 Å². The maximum absolute atomic E-state index is 12.5. The van der Waals surface area contributed by atoms with Crippen LogP contribution in [0.2, 0.25) is 0 Å². The van der Waals surface area contributed by atoms with Gasteiger partial charge in [-0.2, -0.15) is 0 Å². The van der Waals surface area contributed by atoms with Crippen LogP contribution in [0, 0.1) is 0 Å². The molecular weight excluding hydrogens is 396 g/mol. The molecule has 0 radical (unpaired) electrons. The highest BCUT2D eigenvalue weighted by molar-refractivity contribution is 9.10. The summed E-state index contributed by atoms with van der Waals surface area (Å²) in [5.74, 6) is -1.01. The topological polar surface area (TPSA) is 69.7 Å². The number of esters is 1. The normalized spacial score (nSPS) is 16.4. The molecule has 0 unspecified atom stereocenters. The number of carbonyl (C=O) groups excluding carboxylic acids is 1. The summed E-state index contributed by atoms with van der Waals surface area (Å²) >= 11 is 3.28. The number of hydrogen-bond acceptors (Lipinski definition) is 5. The minimum absolute atomic E-state index is 0.0818. The molecule has 3 rings (SSSR count). The molecular formula is C17H13BrO5S. The van der Waals surface area contributed by atoms with E-state index in [1.165, 1.54) is 0 Å². The van der Waals surface area contributed by atoms with Crippen molar-refractivity contribution in [1.82, 2.24) is 0 Å². The van der Waals surface area contributed by atoms with Crippen LogP contribution >= 0.6 is 15.9 Å². The van der Waals surface area contributed by atoms with Crippen molar-refractivity contribution in [3.8, 4) is 5.75 Å². The summed E-state index contributed by atoms with van der Waals surface area (Å²) in [5, 5.41) is 0. The Morgan fingerprint density at radius 2 is 1.83 bits per heavy atom. The monoisotopic (exact) mass is 408 g/mol. The Balaban J connectivity index is 2.04. The fraction of sp³-hybridized carbons (Fsp3) is 0.118. The van der Waals surface area contributed by atoms with E-state index in [2.05, 4.69) is 15.9 Å².